The Balaban J connectivity index is 2.07. The molecule has 0 aliphatic heterocycles. The SMILES string of the molecule is CS(=O)(=O)C1CCCC(Oc2ccc(C#N)c(Cl)c2)C1. The molecular formula is C14H16ClNO3S. The Labute approximate surface area is 124 Å². The minimum absolute atomic E-state index is 0.118. The second kappa shape index (κ2) is 6.02. The van der Waals surface area contributed by atoms with Gasteiger partial charge < -0.3 is 4.74 Å². The van der Waals surface area contributed by atoms with E-state index in [4.69, 9.17) is 21.6 Å². The van der Waals surface area contributed by atoms with Crippen LogP contribution in [0.5, 0.6) is 5.75 Å². The molecule has 1 fully saturated rings. The highest BCUT2D eigenvalue weighted by Crippen LogP contribution is 2.29. The van der Waals surface area contributed by atoms with Crippen LogP contribution in [0.15, 0.2) is 18.2 Å². The minimum Gasteiger partial charge on any atom is -0.490 e. The van der Waals surface area contributed by atoms with E-state index in [1.807, 2.05) is 6.07 Å². The van der Waals surface area contributed by atoms with E-state index in [2.05, 4.69) is 0 Å². The highest BCUT2D eigenvalue weighted by molar-refractivity contribution is 7.91. The number of halogens is 1. The van der Waals surface area contributed by atoms with Gasteiger partial charge in [-0.05, 0) is 31.4 Å². The standard InChI is InChI=1S/C14H16ClNO3S/c1-20(17,18)13-4-2-3-11(7-13)19-12-6-5-10(9-16)14(15)8-12/h5-6,8,11,13H,2-4,7H2,1H3. The molecule has 108 valence electrons. The zero-order chi connectivity index (χ0) is 14.8. The molecule has 0 saturated heterocycles. The molecule has 1 aliphatic carbocycles. The van der Waals surface area contributed by atoms with E-state index in [9.17, 15) is 8.42 Å². The number of nitrogens with zero attached hydrogens (tertiary/aromatic N) is 1. The Morgan fingerprint density at radius 3 is 2.75 bits per heavy atom. The van der Waals surface area contributed by atoms with Gasteiger partial charge in [0.05, 0.1) is 21.9 Å². The first-order valence-corrected chi connectivity index (χ1v) is 8.78. The molecule has 0 amide bonds. The molecule has 2 atom stereocenters. The van der Waals surface area contributed by atoms with Gasteiger partial charge in [-0.25, -0.2) is 8.42 Å². The largest absolute Gasteiger partial charge is 0.490 e. The van der Waals surface area contributed by atoms with E-state index in [-0.39, 0.29) is 11.4 Å². The Morgan fingerprint density at radius 2 is 2.15 bits per heavy atom. The van der Waals surface area contributed by atoms with Gasteiger partial charge in [-0.1, -0.05) is 11.6 Å². The summed E-state index contributed by atoms with van der Waals surface area (Å²) in [4.78, 5) is 0. The normalized spacial score (nSPS) is 23.1. The van der Waals surface area contributed by atoms with Crippen molar-refractivity contribution in [2.75, 3.05) is 6.26 Å². The number of rotatable bonds is 3. The van der Waals surface area contributed by atoms with Crippen molar-refractivity contribution in [2.24, 2.45) is 0 Å². The molecular weight excluding hydrogens is 298 g/mol. The molecule has 0 bridgehead atoms. The predicted molar refractivity (Wildman–Crippen MR) is 77.7 cm³/mol. The maximum absolute atomic E-state index is 11.6. The van der Waals surface area contributed by atoms with Crippen LogP contribution in [0.1, 0.15) is 31.2 Å². The third-order valence-electron chi connectivity index (χ3n) is 3.55. The third kappa shape index (κ3) is 3.65. The van der Waals surface area contributed by atoms with Crippen LogP contribution < -0.4 is 4.74 Å². The summed E-state index contributed by atoms with van der Waals surface area (Å²) in [5, 5.41) is 8.84. The van der Waals surface area contributed by atoms with E-state index in [0.717, 1.165) is 12.8 Å². The van der Waals surface area contributed by atoms with Gasteiger partial charge in [0, 0.05) is 18.7 Å². The molecule has 0 N–H and O–H groups in total. The minimum atomic E-state index is -3.02. The molecule has 2 rings (SSSR count). The molecule has 0 spiro atoms. The second-order valence-electron chi connectivity index (χ2n) is 5.11. The Hall–Kier alpha value is -1.25. The molecule has 0 heterocycles. The molecule has 0 radical (unpaired) electrons. The zero-order valence-electron chi connectivity index (χ0n) is 11.2. The fourth-order valence-electron chi connectivity index (χ4n) is 2.45. The lowest BCUT2D eigenvalue weighted by Crippen LogP contribution is -2.33. The third-order valence-corrected chi connectivity index (χ3v) is 5.50. The van der Waals surface area contributed by atoms with Crippen LogP contribution in [0.2, 0.25) is 5.02 Å². The van der Waals surface area contributed by atoms with Gasteiger partial charge >= 0.3 is 0 Å². The monoisotopic (exact) mass is 313 g/mol. The quantitative estimate of drug-likeness (QED) is 0.860. The molecule has 1 aliphatic rings. The summed E-state index contributed by atoms with van der Waals surface area (Å²) in [6.45, 7) is 0. The summed E-state index contributed by atoms with van der Waals surface area (Å²) in [5.74, 6) is 0.577. The van der Waals surface area contributed by atoms with Crippen molar-refractivity contribution in [2.45, 2.75) is 37.0 Å². The predicted octanol–water partition coefficient (Wildman–Crippen LogP) is 2.95. The smallest absolute Gasteiger partial charge is 0.150 e. The van der Waals surface area contributed by atoms with Crippen LogP contribution in [0.25, 0.3) is 0 Å². The van der Waals surface area contributed by atoms with Gasteiger partial charge in [0.15, 0.2) is 0 Å². The average Bonchev–Trinajstić information content (AvgIpc) is 2.38. The number of benzene rings is 1. The summed E-state index contributed by atoms with van der Waals surface area (Å²) in [6, 6.07) is 6.88. The number of hydrogen-bond acceptors (Lipinski definition) is 4. The Morgan fingerprint density at radius 1 is 1.40 bits per heavy atom. The van der Waals surface area contributed by atoms with Gasteiger partial charge in [0.25, 0.3) is 0 Å². The topological polar surface area (TPSA) is 67.2 Å². The first-order chi connectivity index (χ1) is 9.40. The van der Waals surface area contributed by atoms with Crippen LogP contribution in [-0.2, 0) is 9.84 Å². The Kier molecular flexibility index (Phi) is 4.56. The molecule has 1 aromatic rings. The van der Waals surface area contributed by atoms with Crippen molar-refractivity contribution < 1.29 is 13.2 Å². The molecule has 2 unspecified atom stereocenters. The highest BCUT2D eigenvalue weighted by Gasteiger charge is 2.29. The van der Waals surface area contributed by atoms with Crippen LogP contribution >= 0.6 is 11.6 Å². The summed E-state index contributed by atoms with van der Waals surface area (Å²) in [6.07, 6.45) is 4.05. The summed E-state index contributed by atoms with van der Waals surface area (Å²) in [5.41, 5.74) is 0.400. The first-order valence-electron chi connectivity index (χ1n) is 6.45. The maximum Gasteiger partial charge on any atom is 0.150 e. The number of sulfone groups is 1. The molecule has 6 heteroatoms. The van der Waals surface area contributed by atoms with Crippen molar-refractivity contribution >= 4 is 21.4 Å². The number of ether oxygens (including phenoxy) is 1. The lowest BCUT2D eigenvalue weighted by atomic mass is 9.97. The summed E-state index contributed by atoms with van der Waals surface area (Å²) >= 11 is 5.95. The maximum atomic E-state index is 11.6. The first kappa shape index (κ1) is 15.1. The van der Waals surface area contributed by atoms with Crippen molar-refractivity contribution in [3.05, 3.63) is 28.8 Å². The fourth-order valence-corrected chi connectivity index (χ4v) is 3.82. The van der Waals surface area contributed by atoms with Crippen LogP contribution in [0.4, 0.5) is 0 Å². The number of nitriles is 1. The van der Waals surface area contributed by atoms with E-state index in [1.54, 1.807) is 18.2 Å². The lowest BCUT2D eigenvalue weighted by Gasteiger charge is -2.28. The van der Waals surface area contributed by atoms with Gasteiger partial charge in [-0.15, -0.1) is 0 Å². The van der Waals surface area contributed by atoms with Crippen molar-refractivity contribution in [1.29, 1.82) is 5.26 Å². The van der Waals surface area contributed by atoms with Gasteiger partial charge in [0.1, 0.15) is 21.7 Å². The van der Waals surface area contributed by atoms with Gasteiger partial charge in [-0.2, -0.15) is 5.26 Å². The van der Waals surface area contributed by atoms with Crippen LogP contribution in [0, 0.1) is 11.3 Å². The van der Waals surface area contributed by atoms with Gasteiger partial charge in [-0.3, -0.25) is 0 Å². The molecule has 1 aromatic carbocycles. The fraction of sp³-hybridized carbons (Fsp3) is 0.500. The van der Waals surface area contributed by atoms with Crippen LogP contribution in [-0.4, -0.2) is 26.0 Å². The van der Waals surface area contributed by atoms with Crippen LogP contribution in [0.3, 0.4) is 0 Å². The van der Waals surface area contributed by atoms with E-state index in [1.165, 1.54) is 6.26 Å². The van der Waals surface area contributed by atoms with Gasteiger partial charge in [0.2, 0.25) is 0 Å². The molecule has 4 nitrogen and oxygen atoms in total. The highest BCUT2D eigenvalue weighted by atomic mass is 35.5. The van der Waals surface area contributed by atoms with E-state index in [0.29, 0.717) is 29.2 Å². The molecule has 20 heavy (non-hydrogen) atoms. The van der Waals surface area contributed by atoms with Crippen molar-refractivity contribution in [3.63, 3.8) is 0 Å². The molecule has 0 aromatic heterocycles. The van der Waals surface area contributed by atoms with Crippen molar-refractivity contribution in [1.82, 2.24) is 0 Å². The summed E-state index contributed by atoms with van der Waals surface area (Å²) < 4.78 is 29.0. The zero-order valence-corrected chi connectivity index (χ0v) is 12.7. The Bertz CT molecular complexity index is 636. The lowest BCUT2D eigenvalue weighted by molar-refractivity contribution is 0.156. The summed E-state index contributed by atoms with van der Waals surface area (Å²) in [7, 11) is -3.02. The number of hydrogen-bond donors (Lipinski definition) is 0. The molecule has 1 saturated carbocycles. The van der Waals surface area contributed by atoms with E-state index < -0.39 is 9.84 Å². The van der Waals surface area contributed by atoms with Crippen molar-refractivity contribution in [3.8, 4) is 11.8 Å². The van der Waals surface area contributed by atoms with E-state index >= 15 is 0 Å². The second-order valence-corrected chi connectivity index (χ2v) is 7.84. The average molecular weight is 314 g/mol.